The van der Waals surface area contributed by atoms with Crippen molar-refractivity contribution in [1.82, 2.24) is 0 Å². The molecule has 0 aromatic heterocycles. The van der Waals surface area contributed by atoms with Crippen LogP contribution in [0.25, 0.3) is 11.5 Å². The molecule has 0 radical (unpaired) electrons. The van der Waals surface area contributed by atoms with Crippen molar-refractivity contribution in [2.75, 3.05) is 0 Å². The summed E-state index contributed by atoms with van der Waals surface area (Å²) < 4.78 is 1.93. The van der Waals surface area contributed by atoms with Crippen molar-refractivity contribution < 1.29 is 4.68 Å². The monoisotopic (exact) mass is 1040 g/mol. The number of benzene rings is 2. The Kier molecular flexibility index (Phi) is 41.7. The highest BCUT2D eigenvalue weighted by Crippen LogP contribution is 2.38. The first-order chi connectivity index (χ1) is 37.5. The van der Waals surface area contributed by atoms with Crippen LogP contribution >= 0.6 is 0 Å². The van der Waals surface area contributed by atoms with Crippen LogP contribution in [-0.4, -0.2) is 10.4 Å². The van der Waals surface area contributed by atoms with Crippen molar-refractivity contribution >= 4 is 11.4 Å². The van der Waals surface area contributed by atoms with Crippen LogP contribution in [0.5, 0.6) is 0 Å². The number of rotatable bonds is 52. The Hall–Kier alpha value is -2.87. The van der Waals surface area contributed by atoms with E-state index in [9.17, 15) is 5.84 Å². The molecule has 2 aromatic carbocycles. The van der Waals surface area contributed by atoms with Crippen LogP contribution < -0.4 is 0 Å². The quantitative estimate of drug-likeness (QED) is 0.0466. The Balaban J connectivity index is 1.91. The van der Waals surface area contributed by atoms with Gasteiger partial charge in [0.1, 0.15) is 0 Å². The first-order valence-corrected chi connectivity index (χ1v) is 34.3. The molecule has 76 heavy (non-hydrogen) atoms. The summed E-state index contributed by atoms with van der Waals surface area (Å²) in [5.41, 5.74) is 13.2. The molecule has 0 amide bonds. The summed E-state index contributed by atoms with van der Waals surface area (Å²) >= 11 is 0. The van der Waals surface area contributed by atoms with E-state index in [4.69, 9.17) is 0 Å². The molecule has 0 unspecified atom stereocenters. The van der Waals surface area contributed by atoms with E-state index in [2.05, 4.69) is 96.2 Å². The maximum Gasteiger partial charge on any atom is 0.216 e. The standard InChI is InChI=1S/C74H126N2/c1-7-13-19-24-29-30-31-32-33-34-35-36-37-38-39-40-41-42-47-52-58-72-71(57-18-12-6)73(69-61-65(53-48-43-25-20-14-8-2)59-66(62-69)54-49-44-26-21-15-9-3)76(75)74(72)70-63-67(55-50-45-27-22-16-10-4)60-68(64-70)56-51-46-28-23-17-11-5/h52,57-64,75H,7-51,53-56H2,1-6H3. The van der Waals surface area contributed by atoms with E-state index in [-0.39, 0.29) is 0 Å². The summed E-state index contributed by atoms with van der Waals surface area (Å²) in [6.07, 6.45) is 72.5. The molecule has 0 fully saturated rings. The second-order valence-electron chi connectivity index (χ2n) is 24.2. The van der Waals surface area contributed by atoms with Gasteiger partial charge in [0.2, 0.25) is 11.4 Å². The van der Waals surface area contributed by atoms with E-state index in [1.165, 1.54) is 314 Å². The Bertz CT molecular complexity index is 1770. The fraction of sp³-hybridized carbons (Fsp3) is 0.743. The summed E-state index contributed by atoms with van der Waals surface area (Å²) in [5.74, 6) is 10.4. The van der Waals surface area contributed by atoms with Crippen molar-refractivity contribution in [3.05, 3.63) is 105 Å². The van der Waals surface area contributed by atoms with E-state index in [0.717, 1.165) is 56.4 Å². The fourth-order valence-electron chi connectivity index (χ4n) is 12.0. The predicted octanol–water partition coefficient (Wildman–Crippen LogP) is 25.2. The minimum absolute atomic E-state index is 1.03. The minimum Gasteiger partial charge on any atom is -0.448 e. The highest BCUT2D eigenvalue weighted by molar-refractivity contribution is 6.17. The minimum atomic E-state index is 1.03. The Morgan fingerprint density at radius 2 is 0.605 bits per heavy atom. The number of allylic oxidation sites excluding steroid dienone is 5. The van der Waals surface area contributed by atoms with Gasteiger partial charge in [-0.2, -0.15) is 0 Å². The lowest BCUT2D eigenvalue weighted by molar-refractivity contribution is -0.347. The largest absolute Gasteiger partial charge is 0.448 e. The second-order valence-corrected chi connectivity index (χ2v) is 24.2. The van der Waals surface area contributed by atoms with Gasteiger partial charge in [-0.1, -0.05) is 316 Å². The Morgan fingerprint density at radius 3 is 0.921 bits per heavy atom. The molecule has 2 aromatic rings. The van der Waals surface area contributed by atoms with Crippen molar-refractivity contribution in [3.8, 4) is 0 Å². The first-order valence-electron chi connectivity index (χ1n) is 34.3. The lowest BCUT2D eigenvalue weighted by atomic mass is 9.90. The van der Waals surface area contributed by atoms with Crippen LogP contribution in [0, 0.1) is 0 Å². The van der Waals surface area contributed by atoms with Crippen LogP contribution in [0.3, 0.4) is 0 Å². The van der Waals surface area contributed by atoms with Crippen LogP contribution in [-0.2, 0) is 25.7 Å². The van der Waals surface area contributed by atoms with E-state index >= 15 is 0 Å². The zero-order chi connectivity index (χ0) is 54.4. The number of nitrogens with one attached hydrogen (secondary N) is 1. The van der Waals surface area contributed by atoms with Gasteiger partial charge in [-0.3, -0.25) is 0 Å². The topological polar surface area (TPSA) is 26.8 Å². The van der Waals surface area contributed by atoms with E-state index in [1.54, 1.807) is 0 Å². The van der Waals surface area contributed by atoms with E-state index in [1.807, 2.05) is 4.68 Å². The highest BCUT2D eigenvalue weighted by atomic mass is 15.3. The van der Waals surface area contributed by atoms with Gasteiger partial charge >= 0.3 is 0 Å². The van der Waals surface area contributed by atoms with Crippen LogP contribution in [0.1, 0.15) is 364 Å². The lowest BCUT2D eigenvalue weighted by Gasteiger charge is -2.14. The smallest absolute Gasteiger partial charge is 0.216 e. The van der Waals surface area contributed by atoms with Gasteiger partial charge in [0.15, 0.2) is 0 Å². The molecule has 1 aliphatic rings. The molecule has 0 aliphatic carbocycles. The number of unbranched alkanes of at least 4 members (excludes halogenated alkanes) is 39. The van der Waals surface area contributed by atoms with Crippen LogP contribution in [0.2, 0.25) is 0 Å². The van der Waals surface area contributed by atoms with Crippen LogP contribution in [0.15, 0.2) is 65.8 Å². The zero-order valence-electron chi connectivity index (χ0n) is 51.8. The summed E-state index contributed by atoms with van der Waals surface area (Å²) in [6, 6.07) is 15.1. The molecule has 1 N–H and O–H groups in total. The van der Waals surface area contributed by atoms with Gasteiger partial charge in [0.25, 0.3) is 0 Å². The fourth-order valence-corrected chi connectivity index (χ4v) is 12.0. The van der Waals surface area contributed by atoms with E-state index in [0.29, 0.717) is 0 Å². The number of aryl methyl sites for hydroxylation is 4. The predicted molar refractivity (Wildman–Crippen MR) is 342 cm³/mol. The van der Waals surface area contributed by atoms with Crippen molar-refractivity contribution in [2.24, 2.45) is 0 Å². The average molecular weight is 1040 g/mol. The third-order valence-corrected chi connectivity index (χ3v) is 16.8. The zero-order valence-corrected chi connectivity index (χ0v) is 51.8. The van der Waals surface area contributed by atoms with E-state index < -0.39 is 0 Å². The van der Waals surface area contributed by atoms with Crippen LogP contribution in [0.4, 0.5) is 0 Å². The molecule has 1 heterocycles. The molecule has 0 saturated carbocycles. The summed E-state index contributed by atoms with van der Waals surface area (Å²) in [4.78, 5) is 0. The number of hydrogen-bond acceptors (Lipinski definition) is 0. The van der Waals surface area contributed by atoms with Gasteiger partial charge < -0.3 is 5.84 Å². The molecule has 1 aliphatic heterocycles. The normalized spacial score (nSPS) is 13.5. The maximum absolute atomic E-state index is 10.4. The molecular weight excluding hydrogens is 917 g/mol. The third-order valence-electron chi connectivity index (χ3n) is 16.8. The molecular formula is C74H126N2. The third kappa shape index (κ3) is 30.5. The molecule has 0 saturated heterocycles. The number of hydrogen-bond donors (Lipinski definition) is 0. The van der Waals surface area contributed by atoms with Gasteiger partial charge in [0.05, 0.1) is 11.1 Å². The first kappa shape index (κ1) is 67.4. The van der Waals surface area contributed by atoms with Gasteiger partial charge in [-0.05, 0) is 117 Å². The maximum atomic E-state index is 10.4. The van der Waals surface area contributed by atoms with Gasteiger partial charge in [-0.15, -0.1) is 0 Å². The highest BCUT2D eigenvalue weighted by Gasteiger charge is 2.35. The summed E-state index contributed by atoms with van der Waals surface area (Å²) in [5, 5.41) is 0. The Labute approximate surface area is 474 Å². The molecule has 2 nitrogen and oxygen atoms in total. The van der Waals surface area contributed by atoms with Crippen molar-refractivity contribution in [3.63, 3.8) is 0 Å². The van der Waals surface area contributed by atoms with Crippen molar-refractivity contribution in [2.45, 2.75) is 356 Å². The SMILES string of the molecule is CCCC=C1C(C=CCCCCCCCCCCCCCCCCCCCC)=C(c2cc(CCCCCCCC)cc(CCCCCCCC)c2)[N+]([NH-])=C1c1cc(CCCCCCCC)cc(CCCCCCCC)c1. The molecule has 0 atom stereocenters. The Morgan fingerprint density at radius 1 is 0.316 bits per heavy atom. The molecule has 0 bridgehead atoms. The lowest BCUT2D eigenvalue weighted by Crippen LogP contribution is -2.13. The number of nitrogens with zero attached hydrogens (tertiary/aromatic N) is 1. The average Bonchev–Trinajstić information content (AvgIpc) is 3.72. The molecule has 3 rings (SSSR count). The summed E-state index contributed by atoms with van der Waals surface area (Å²) in [6.45, 7) is 13.9. The van der Waals surface area contributed by atoms with Crippen molar-refractivity contribution in [1.29, 1.82) is 0 Å². The second kappa shape index (κ2) is 47.0. The molecule has 432 valence electrons. The van der Waals surface area contributed by atoms with Gasteiger partial charge in [-0.25, -0.2) is 4.68 Å². The summed E-state index contributed by atoms with van der Waals surface area (Å²) in [7, 11) is 0. The molecule has 2 heteroatoms. The van der Waals surface area contributed by atoms with Gasteiger partial charge in [0, 0.05) is 11.1 Å². The molecule has 0 spiro atoms.